The first-order chi connectivity index (χ1) is 7.22. The molecule has 1 heterocycles. The van der Waals surface area contributed by atoms with E-state index in [-0.39, 0.29) is 18.2 Å². The summed E-state index contributed by atoms with van der Waals surface area (Å²) in [5.41, 5.74) is 0. The van der Waals surface area contributed by atoms with Crippen molar-refractivity contribution in [2.75, 3.05) is 33.9 Å². The van der Waals surface area contributed by atoms with E-state index in [4.69, 9.17) is 9.47 Å². The third-order valence-corrected chi connectivity index (χ3v) is 2.66. The molecule has 0 aliphatic carbocycles. The van der Waals surface area contributed by atoms with Crippen molar-refractivity contribution in [2.45, 2.75) is 25.6 Å². The van der Waals surface area contributed by atoms with Crippen LogP contribution >= 0.6 is 0 Å². The lowest BCUT2D eigenvalue weighted by Crippen LogP contribution is -2.43. The van der Waals surface area contributed by atoms with Gasteiger partial charge < -0.3 is 14.4 Å². The minimum atomic E-state index is -0.0482. The molecule has 1 aliphatic heterocycles. The van der Waals surface area contributed by atoms with Gasteiger partial charge in [0.1, 0.15) is 0 Å². The number of amides is 1. The molecule has 1 aliphatic rings. The third-order valence-electron chi connectivity index (χ3n) is 2.66. The SMILES string of the molecule is CCC1NCC(=O)N1CC(COC)OC. The van der Waals surface area contributed by atoms with E-state index in [1.807, 2.05) is 4.90 Å². The van der Waals surface area contributed by atoms with Gasteiger partial charge >= 0.3 is 0 Å². The highest BCUT2D eigenvalue weighted by Crippen LogP contribution is 2.10. The lowest BCUT2D eigenvalue weighted by atomic mass is 10.3. The fraction of sp³-hybridized carbons (Fsp3) is 0.900. The summed E-state index contributed by atoms with van der Waals surface area (Å²) < 4.78 is 10.3. The zero-order chi connectivity index (χ0) is 11.3. The average molecular weight is 216 g/mol. The van der Waals surface area contributed by atoms with Crippen LogP contribution in [0.3, 0.4) is 0 Å². The molecule has 0 aromatic heterocycles. The van der Waals surface area contributed by atoms with Gasteiger partial charge in [0.05, 0.1) is 32.0 Å². The summed E-state index contributed by atoms with van der Waals surface area (Å²) in [5, 5.41) is 3.16. The number of hydrogen-bond donors (Lipinski definition) is 1. The summed E-state index contributed by atoms with van der Waals surface area (Å²) in [4.78, 5) is 13.4. The molecule has 0 aromatic carbocycles. The summed E-state index contributed by atoms with van der Waals surface area (Å²) >= 11 is 0. The lowest BCUT2D eigenvalue weighted by molar-refractivity contribution is -0.130. The number of carbonyl (C=O) groups excluding carboxylic acids is 1. The van der Waals surface area contributed by atoms with Crippen molar-refractivity contribution >= 4 is 5.91 Å². The Morgan fingerprint density at radius 3 is 2.87 bits per heavy atom. The normalized spacial score (nSPS) is 23.5. The predicted octanol–water partition coefficient (Wildman–Crippen LogP) is -0.184. The van der Waals surface area contributed by atoms with Gasteiger partial charge in [-0.05, 0) is 6.42 Å². The number of hydrogen-bond acceptors (Lipinski definition) is 4. The minimum absolute atomic E-state index is 0.0482. The maximum absolute atomic E-state index is 11.6. The monoisotopic (exact) mass is 216 g/mol. The second-order valence-corrected chi connectivity index (χ2v) is 3.66. The number of ether oxygens (including phenoxy) is 2. The van der Waals surface area contributed by atoms with Crippen LogP contribution in [-0.4, -0.2) is 57.0 Å². The van der Waals surface area contributed by atoms with Crippen LogP contribution in [0.1, 0.15) is 13.3 Å². The van der Waals surface area contributed by atoms with Crippen LogP contribution in [0.2, 0.25) is 0 Å². The molecule has 2 atom stereocenters. The maximum atomic E-state index is 11.6. The molecule has 5 nitrogen and oxygen atoms in total. The highest BCUT2D eigenvalue weighted by atomic mass is 16.5. The molecule has 1 fully saturated rings. The molecule has 0 aromatic rings. The molecule has 0 bridgehead atoms. The van der Waals surface area contributed by atoms with E-state index in [1.54, 1.807) is 14.2 Å². The van der Waals surface area contributed by atoms with Gasteiger partial charge in [-0.1, -0.05) is 6.92 Å². The smallest absolute Gasteiger partial charge is 0.237 e. The molecule has 88 valence electrons. The Balaban J connectivity index is 2.49. The zero-order valence-corrected chi connectivity index (χ0v) is 9.66. The van der Waals surface area contributed by atoms with Gasteiger partial charge in [-0.25, -0.2) is 0 Å². The van der Waals surface area contributed by atoms with Crippen LogP contribution in [-0.2, 0) is 14.3 Å². The molecule has 15 heavy (non-hydrogen) atoms. The third kappa shape index (κ3) is 3.15. The molecule has 1 rings (SSSR count). The van der Waals surface area contributed by atoms with Crippen molar-refractivity contribution in [3.63, 3.8) is 0 Å². The summed E-state index contributed by atoms with van der Waals surface area (Å²) in [6, 6.07) is 0. The Labute approximate surface area is 90.7 Å². The second kappa shape index (κ2) is 6.05. The van der Waals surface area contributed by atoms with Crippen molar-refractivity contribution < 1.29 is 14.3 Å². The fourth-order valence-electron chi connectivity index (χ4n) is 1.79. The zero-order valence-electron chi connectivity index (χ0n) is 9.66. The highest BCUT2D eigenvalue weighted by Gasteiger charge is 2.30. The van der Waals surface area contributed by atoms with Crippen LogP contribution in [0.15, 0.2) is 0 Å². The quantitative estimate of drug-likeness (QED) is 0.669. The standard InChI is InChI=1S/C10H20N2O3/c1-4-9-11-5-10(13)12(9)6-8(15-3)7-14-2/h8-9,11H,4-7H2,1-3H3. The molecule has 0 saturated carbocycles. The predicted molar refractivity (Wildman–Crippen MR) is 56.5 cm³/mol. The van der Waals surface area contributed by atoms with Gasteiger partial charge in [0.25, 0.3) is 0 Å². The summed E-state index contributed by atoms with van der Waals surface area (Å²) in [5.74, 6) is 0.139. The molecule has 5 heteroatoms. The number of carbonyl (C=O) groups is 1. The summed E-state index contributed by atoms with van der Waals surface area (Å²) in [6.45, 7) is 3.59. The van der Waals surface area contributed by atoms with E-state index in [1.165, 1.54) is 0 Å². The highest BCUT2D eigenvalue weighted by molar-refractivity contribution is 5.80. The average Bonchev–Trinajstić information content (AvgIpc) is 2.59. The fourth-order valence-corrected chi connectivity index (χ4v) is 1.79. The van der Waals surface area contributed by atoms with E-state index in [9.17, 15) is 4.79 Å². The summed E-state index contributed by atoms with van der Waals surface area (Å²) in [7, 11) is 3.27. The Hall–Kier alpha value is -0.650. The van der Waals surface area contributed by atoms with Crippen molar-refractivity contribution in [3.05, 3.63) is 0 Å². The number of nitrogens with zero attached hydrogens (tertiary/aromatic N) is 1. The van der Waals surface area contributed by atoms with E-state index >= 15 is 0 Å². The molecule has 1 N–H and O–H groups in total. The van der Waals surface area contributed by atoms with Crippen molar-refractivity contribution in [3.8, 4) is 0 Å². The van der Waals surface area contributed by atoms with Gasteiger partial charge in [-0.2, -0.15) is 0 Å². The van der Waals surface area contributed by atoms with Gasteiger partial charge in [0.15, 0.2) is 0 Å². The number of nitrogens with one attached hydrogen (secondary N) is 1. The molecular weight excluding hydrogens is 196 g/mol. The van der Waals surface area contributed by atoms with Crippen molar-refractivity contribution in [1.82, 2.24) is 10.2 Å². The van der Waals surface area contributed by atoms with Gasteiger partial charge in [-0.15, -0.1) is 0 Å². The minimum Gasteiger partial charge on any atom is -0.382 e. The number of methoxy groups -OCH3 is 2. The number of rotatable bonds is 6. The Morgan fingerprint density at radius 1 is 1.60 bits per heavy atom. The molecule has 1 amide bonds. The van der Waals surface area contributed by atoms with E-state index in [0.29, 0.717) is 19.7 Å². The first-order valence-corrected chi connectivity index (χ1v) is 5.27. The molecule has 1 saturated heterocycles. The van der Waals surface area contributed by atoms with Gasteiger partial charge in [0.2, 0.25) is 5.91 Å². The Bertz CT molecular complexity index is 211. The molecule has 0 radical (unpaired) electrons. The topological polar surface area (TPSA) is 50.8 Å². The largest absolute Gasteiger partial charge is 0.382 e. The first-order valence-electron chi connectivity index (χ1n) is 5.27. The molecule has 0 spiro atoms. The molecule has 2 unspecified atom stereocenters. The Morgan fingerprint density at radius 2 is 2.33 bits per heavy atom. The first kappa shape index (κ1) is 12.4. The van der Waals surface area contributed by atoms with Crippen LogP contribution < -0.4 is 5.32 Å². The maximum Gasteiger partial charge on any atom is 0.237 e. The van der Waals surface area contributed by atoms with Crippen molar-refractivity contribution in [1.29, 1.82) is 0 Å². The van der Waals surface area contributed by atoms with Gasteiger partial charge in [0, 0.05) is 14.2 Å². The van der Waals surface area contributed by atoms with E-state index in [0.717, 1.165) is 6.42 Å². The van der Waals surface area contributed by atoms with Crippen molar-refractivity contribution in [2.24, 2.45) is 0 Å². The molecular formula is C10H20N2O3. The van der Waals surface area contributed by atoms with Crippen LogP contribution in [0.25, 0.3) is 0 Å². The lowest BCUT2D eigenvalue weighted by Gasteiger charge is -2.27. The van der Waals surface area contributed by atoms with Crippen LogP contribution in [0.4, 0.5) is 0 Å². The van der Waals surface area contributed by atoms with Crippen LogP contribution in [0, 0.1) is 0 Å². The van der Waals surface area contributed by atoms with E-state index in [2.05, 4.69) is 12.2 Å². The van der Waals surface area contributed by atoms with E-state index < -0.39 is 0 Å². The second-order valence-electron chi connectivity index (χ2n) is 3.66. The Kier molecular flexibility index (Phi) is 5.01. The van der Waals surface area contributed by atoms with Gasteiger partial charge in [-0.3, -0.25) is 10.1 Å². The summed E-state index contributed by atoms with van der Waals surface area (Å²) in [6.07, 6.45) is 1.01. The van der Waals surface area contributed by atoms with Crippen LogP contribution in [0.5, 0.6) is 0 Å².